The Labute approximate surface area is 172 Å². The second kappa shape index (κ2) is 8.73. The smallest absolute Gasteiger partial charge is 0.311 e. The number of ketones is 1. The Kier molecular flexibility index (Phi) is 6.10. The molecule has 9 heteroatoms. The Balaban J connectivity index is 1.93. The van der Waals surface area contributed by atoms with E-state index in [-0.39, 0.29) is 34.9 Å². The summed E-state index contributed by atoms with van der Waals surface area (Å²) < 4.78 is 10.9. The first-order chi connectivity index (χ1) is 14.4. The lowest BCUT2D eigenvalue weighted by atomic mass is 10.1. The van der Waals surface area contributed by atoms with Crippen LogP contribution in [-0.2, 0) is 4.79 Å². The average Bonchev–Trinajstić information content (AvgIpc) is 2.84. The van der Waals surface area contributed by atoms with E-state index < -0.39 is 35.2 Å². The second-order valence-electron chi connectivity index (χ2n) is 6.54. The van der Waals surface area contributed by atoms with E-state index >= 15 is 0 Å². The molecule has 2 aromatic carbocycles. The quantitative estimate of drug-likeness (QED) is 0.297. The molecule has 0 saturated heterocycles. The summed E-state index contributed by atoms with van der Waals surface area (Å²) in [6.07, 6.45) is -0.611. The van der Waals surface area contributed by atoms with Crippen molar-refractivity contribution in [3.8, 4) is 11.5 Å². The van der Waals surface area contributed by atoms with Gasteiger partial charge in [0.05, 0.1) is 23.6 Å². The molecule has 1 atom stereocenters. The fourth-order valence-electron chi connectivity index (χ4n) is 3.12. The van der Waals surface area contributed by atoms with Crippen molar-refractivity contribution in [3.05, 3.63) is 63.7 Å². The summed E-state index contributed by atoms with van der Waals surface area (Å²) in [5.41, 5.74) is -0.194. The highest BCUT2D eigenvalue weighted by molar-refractivity contribution is 6.12. The number of para-hydroxylation sites is 1. The van der Waals surface area contributed by atoms with Crippen LogP contribution in [0.4, 0.5) is 5.69 Å². The summed E-state index contributed by atoms with van der Waals surface area (Å²) in [5.74, 6) is -1.59. The molecule has 0 radical (unpaired) electrons. The number of fused-ring (bicyclic) bond motifs is 1. The van der Waals surface area contributed by atoms with Crippen molar-refractivity contribution < 1.29 is 28.8 Å². The summed E-state index contributed by atoms with van der Waals surface area (Å²) in [4.78, 5) is 50.1. The highest BCUT2D eigenvalue weighted by Crippen LogP contribution is 2.29. The Bertz CT molecular complexity index is 1020. The number of nitrogens with zero attached hydrogens (tertiary/aromatic N) is 2. The van der Waals surface area contributed by atoms with Crippen LogP contribution in [0.25, 0.3) is 0 Å². The van der Waals surface area contributed by atoms with Gasteiger partial charge < -0.3 is 9.47 Å². The van der Waals surface area contributed by atoms with Crippen molar-refractivity contribution in [1.29, 1.82) is 0 Å². The normalized spacial score (nSPS) is 15.8. The van der Waals surface area contributed by atoms with E-state index in [1.54, 1.807) is 32.0 Å². The van der Waals surface area contributed by atoms with Crippen LogP contribution in [0.2, 0.25) is 0 Å². The highest BCUT2D eigenvalue weighted by Gasteiger charge is 2.36. The molecule has 0 spiro atoms. The molecule has 0 unspecified atom stereocenters. The summed E-state index contributed by atoms with van der Waals surface area (Å²) in [5, 5.41) is 11.3. The van der Waals surface area contributed by atoms with E-state index in [4.69, 9.17) is 9.47 Å². The minimum Gasteiger partial charge on any atom is -0.487 e. The molecule has 0 saturated carbocycles. The van der Waals surface area contributed by atoms with Gasteiger partial charge >= 0.3 is 5.69 Å². The standard InChI is InChI=1S/C21H20N2O7/c1-3-17-21(26)22(20(25)14-7-5-6-8-18(14)30-17)12-16(24)13-9-10-19(29-4-2)15(11-13)23(27)28/h5-11,17H,3-4,12H2,1-2H3/t17-/m1/s1. The van der Waals surface area contributed by atoms with Crippen molar-refractivity contribution >= 4 is 23.3 Å². The molecule has 9 nitrogen and oxygen atoms in total. The largest absolute Gasteiger partial charge is 0.487 e. The number of imide groups is 1. The maximum atomic E-state index is 12.9. The number of carbonyl (C=O) groups excluding carboxylic acids is 3. The molecule has 2 amide bonds. The Morgan fingerprint density at radius 1 is 1.20 bits per heavy atom. The molecule has 1 aliphatic rings. The first-order valence-corrected chi connectivity index (χ1v) is 9.43. The van der Waals surface area contributed by atoms with Crippen LogP contribution < -0.4 is 9.47 Å². The topological polar surface area (TPSA) is 116 Å². The van der Waals surface area contributed by atoms with E-state index in [0.717, 1.165) is 11.0 Å². The predicted molar refractivity (Wildman–Crippen MR) is 106 cm³/mol. The first kappa shape index (κ1) is 21.0. The number of nitro benzene ring substituents is 1. The Hall–Kier alpha value is -3.75. The van der Waals surface area contributed by atoms with Gasteiger partial charge in [-0.1, -0.05) is 19.1 Å². The summed E-state index contributed by atoms with van der Waals surface area (Å²) >= 11 is 0. The van der Waals surface area contributed by atoms with Crippen molar-refractivity contribution in [3.63, 3.8) is 0 Å². The van der Waals surface area contributed by atoms with Gasteiger partial charge in [0, 0.05) is 11.6 Å². The van der Waals surface area contributed by atoms with Crippen molar-refractivity contribution in [2.75, 3.05) is 13.2 Å². The van der Waals surface area contributed by atoms with Gasteiger partial charge in [-0.25, -0.2) is 0 Å². The molecule has 0 aliphatic carbocycles. The highest BCUT2D eigenvalue weighted by atomic mass is 16.6. The maximum Gasteiger partial charge on any atom is 0.311 e. The molecule has 30 heavy (non-hydrogen) atoms. The number of benzene rings is 2. The zero-order valence-corrected chi connectivity index (χ0v) is 16.5. The number of hydrogen-bond donors (Lipinski definition) is 0. The molecule has 3 rings (SSSR count). The summed E-state index contributed by atoms with van der Waals surface area (Å²) in [6.45, 7) is 3.08. The first-order valence-electron chi connectivity index (χ1n) is 9.43. The molecule has 156 valence electrons. The van der Waals surface area contributed by atoms with Gasteiger partial charge in [-0.05, 0) is 37.6 Å². The lowest BCUT2D eigenvalue weighted by Gasteiger charge is -2.21. The number of nitro groups is 1. The lowest BCUT2D eigenvalue weighted by Crippen LogP contribution is -2.45. The predicted octanol–water partition coefficient (Wildman–Crippen LogP) is 3.02. The third-order valence-corrected chi connectivity index (χ3v) is 4.62. The summed E-state index contributed by atoms with van der Waals surface area (Å²) in [7, 11) is 0. The van der Waals surface area contributed by atoms with Gasteiger partial charge in [0.15, 0.2) is 17.6 Å². The monoisotopic (exact) mass is 412 g/mol. The van der Waals surface area contributed by atoms with Crippen LogP contribution in [0.1, 0.15) is 41.0 Å². The van der Waals surface area contributed by atoms with Gasteiger partial charge in [-0.2, -0.15) is 0 Å². The lowest BCUT2D eigenvalue weighted by molar-refractivity contribution is -0.385. The van der Waals surface area contributed by atoms with Crippen molar-refractivity contribution in [2.45, 2.75) is 26.4 Å². The zero-order valence-electron chi connectivity index (χ0n) is 16.5. The molecule has 1 aliphatic heterocycles. The zero-order chi connectivity index (χ0) is 21.8. The Morgan fingerprint density at radius 3 is 2.60 bits per heavy atom. The van der Waals surface area contributed by atoms with Crippen LogP contribution in [0.5, 0.6) is 11.5 Å². The molecule has 0 bridgehead atoms. The maximum absolute atomic E-state index is 12.9. The van der Waals surface area contributed by atoms with Crippen LogP contribution in [0.15, 0.2) is 42.5 Å². The number of ether oxygens (including phenoxy) is 2. The van der Waals surface area contributed by atoms with Gasteiger partial charge in [0.25, 0.3) is 11.8 Å². The number of amides is 2. The van der Waals surface area contributed by atoms with Crippen molar-refractivity contribution in [1.82, 2.24) is 4.90 Å². The second-order valence-corrected chi connectivity index (χ2v) is 6.54. The Morgan fingerprint density at radius 2 is 1.93 bits per heavy atom. The minimum atomic E-state index is -0.917. The average molecular weight is 412 g/mol. The number of carbonyl (C=O) groups is 3. The van der Waals surface area contributed by atoms with E-state index in [0.29, 0.717) is 6.42 Å². The number of hydrogen-bond acceptors (Lipinski definition) is 7. The molecule has 0 N–H and O–H groups in total. The molecular formula is C21H20N2O7. The van der Waals surface area contributed by atoms with E-state index in [2.05, 4.69) is 0 Å². The van der Waals surface area contributed by atoms with Crippen LogP contribution >= 0.6 is 0 Å². The minimum absolute atomic E-state index is 0.00254. The van der Waals surface area contributed by atoms with Crippen LogP contribution in [0, 0.1) is 10.1 Å². The van der Waals surface area contributed by atoms with Crippen LogP contribution in [0.3, 0.4) is 0 Å². The van der Waals surface area contributed by atoms with E-state index in [1.807, 2.05) is 0 Å². The fourth-order valence-corrected chi connectivity index (χ4v) is 3.12. The van der Waals surface area contributed by atoms with Gasteiger partial charge in [0.1, 0.15) is 5.75 Å². The van der Waals surface area contributed by atoms with Gasteiger partial charge in [0.2, 0.25) is 0 Å². The third kappa shape index (κ3) is 4.00. The third-order valence-electron chi connectivity index (χ3n) is 4.62. The van der Waals surface area contributed by atoms with E-state index in [1.165, 1.54) is 18.2 Å². The molecule has 0 fully saturated rings. The number of rotatable bonds is 7. The summed E-state index contributed by atoms with van der Waals surface area (Å²) in [6, 6.07) is 10.2. The van der Waals surface area contributed by atoms with E-state index in [9.17, 15) is 24.5 Å². The molecular weight excluding hydrogens is 392 g/mol. The SMILES string of the molecule is CCOc1ccc(C(=O)CN2C(=O)c3ccccc3O[C@H](CC)C2=O)cc1[N+](=O)[O-]. The van der Waals surface area contributed by atoms with Crippen molar-refractivity contribution in [2.24, 2.45) is 0 Å². The molecule has 0 aromatic heterocycles. The molecule has 1 heterocycles. The van der Waals surface area contributed by atoms with Crippen LogP contribution in [-0.4, -0.2) is 46.7 Å². The number of Topliss-reactive ketones (excluding diaryl/α,β-unsaturated/α-hetero) is 1. The molecule has 2 aromatic rings. The van der Waals surface area contributed by atoms with Gasteiger partial charge in [-0.15, -0.1) is 0 Å². The van der Waals surface area contributed by atoms with Gasteiger partial charge in [-0.3, -0.25) is 29.4 Å². The fraction of sp³-hybridized carbons (Fsp3) is 0.286.